The molecule has 0 bridgehead atoms. The normalized spacial score (nSPS) is 14.6. The number of fused-ring (bicyclic) bond motifs is 1. The van der Waals surface area contributed by atoms with E-state index in [-0.39, 0.29) is 25.7 Å². The number of benzene rings is 1. The lowest BCUT2D eigenvalue weighted by Crippen LogP contribution is -2.40. The third-order valence-corrected chi connectivity index (χ3v) is 2.53. The fourth-order valence-electron chi connectivity index (χ4n) is 1.72. The Bertz CT molecular complexity index is 406. The lowest BCUT2D eigenvalue weighted by Gasteiger charge is -2.29. The molecule has 0 fully saturated rings. The van der Waals surface area contributed by atoms with E-state index in [4.69, 9.17) is 15.6 Å². The highest BCUT2D eigenvalue weighted by atomic mass is 16.5. The molecule has 5 heteroatoms. The molecule has 0 spiro atoms. The molecule has 0 unspecified atom stereocenters. The minimum absolute atomic E-state index is 0.0228. The smallest absolute Gasteiger partial charge is 0.265 e. The van der Waals surface area contributed by atoms with E-state index in [1.807, 2.05) is 12.1 Å². The number of hydrogen-bond acceptors (Lipinski definition) is 4. The Morgan fingerprint density at radius 1 is 1.50 bits per heavy atom. The van der Waals surface area contributed by atoms with Crippen LogP contribution < -0.4 is 15.4 Å². The largest absolute Gasteiger partial charge is 0.482 e. The van der Waals surface area contributed by atoms with E-state index in [0.717, 1.165) is 5.56 Å². The molecule has 0 radical (unpaired) electrons. The van der Waals surface area contributed by atoms with E-state index in [1.54, 1.807) is 6.07 Å². The van der Waals surface area contributed by atoms with Gasteiger partial charge in [0.1, 0.15) is 5.75 Å². The standard InChI is InChI=1S/C11H14N2O3/c12-6-8-1-2-10-9(5-8)13(3-4-14)11(15)7-16-10/h1-2,5,14H,3-4,6-7,12H2. The summed E-state index contributed by atoms with van der Waals surface area (Å²) in [4.78, 5) is 13.1. The molecule has 1 aliphatic rings. The first-order chi connectivity index (χ1) is 7.76. The molecule has 0 saturated heterocycles. The monoisotopic (exact) mass is 222 g/mol. The van der Waals surface area contributed by atoms with Gasteiger partial charge in [-0.05, 0) is 17.7 Å². The van der Waals surface area contributed by atoms with Gasteiger partial charge < -0.3 is 20.5 Å². The number of nitrogens with two attached hydrogens (primary N) is 1. The fraction of sp³-hybridized carbons (Fsp3) is 0.364. The molecule has 0 atom stereocenters. The van der Waals surface area contributed by atoms with E-state index < -0.39 is 0 Å². The van der Waals surface area contributed by atoms with Gasteiger partial charge in [0.25, 0.3) is 5.91 Å². The fourth-order valence-corrected chi connectivity index (χ4v) is 1.72. The molecule has 16 heavy (non-hydrogen) atoms. The van der Waals surface area contributed by atoms with E-state index in [1.165, 1.54) is 4.90 Å². The van der Waals surface area contributed by atoms with Gasteiger partial charge in [0.2, 0.25) is 0 Å². The Hall–Kier alpha value is -1.59. The first kappa shape index (κ1) is 10.9. The van der Waals surface area contributed by atoms with Crippen LogP contribution in [0.1, 0.15) is 5.56 Å². The summed E-state index contributed by atoms with van der Waals surface area (Å²) in [7, 11) is 0. The zero-order valence-corrected chi connectivity index (χ0v) is 8.85. The summed E-state index contributed by atoms with van der Waals surface area (Å²) >= 11 is 0. The highest BCUT2D eigenvalue weighted by Crippen LogP contribution is 2.32. The number of β-amino-alcohol motifs (C(OH)–C–C–N with tert-alkyl or cyclic N) is 1. The molecule has 1 aliphatic heterocycles. The maximum Gasteiger partial charge on any atom is 0.265 e. The molecule has 0 aliphatic carbocycles. The third-order valence-electron chi connectivity index (χ3n) is 2.53. The number of nitrogens with zero attached hydrogens (tertiary/aromatic N) is 1. The number of aliphatic hydroxyl groups excluding tert-OH is 1. The number of rotatable bonds is 3. The lowest BCUT2D eigenvalue weighted by atomic mass is 10.1. The van der Waals surface area contributed by atoms with Crippen LogP contribution in [0.3, 0.4) is 0 Å². The molecule has 1 aromatic rings. The van der Waals surface area contributed by atoms with Gasteiger partial charge >= 0.3 is 0 Å². The van der Waals surface area contributed by atoms with Crippen molar-refractivity contribution in [2.75, 3.05) is 24.7 Å². The Morgan fingerprint density at radius 3 is 3.00 bits per heavy atom. The van der Waals surface area contributed by atoms with Gasteiger partial charge in [0, 0.05) is 13.1 Å². The summed E-state index contributed by atoms with van der Waals surface area (Å²) in [6.45, 7) is 0.644. The number of anilines is 1. The van der Waals surface area contributed by atoms with Crippen LogP contribution in [0, 0.1) is 0 Å². The summed E-state index contributed by atoms with van der Waals surface area (Å²) in [6.07, 6.45) is 0. The van der Waals surface area contributed by atoms with Crippen LogP contribution in [0.4, 0.5) is 5.69 Å². The number of hydrogen-bond donors (Lipinski definition) is 2. The summed E-state index contributed by atoms with van der Waals surface area (Å²) in [5, 5.41) is 8.93. The molecule has 5 nitrogen and oxygen atoms in total. The van der Waals surface area contributed by atoms with Crippen LogP contribution in [0.15, 0.2) is 18.2 Å². The van der Waals surface area contributed by atoms with Crippen molar-refractivity contribution in [2.24, 2.45) is 5.73 Å². The summed E-state index contributed by atoms with van der Waals surface area (Å²) in [5.74, 6) is 0.515. The number of aliphatic hydroxyl groups is 1. The molecule has 0 aromatic heterocycles. The zero-order chi connectivity index (χ0) is 11.5. The second kappa shape index (κ2) is 4.51. The maximum absolute atomic E-state index is 11.6. The van der Waals surface area contributed by atoms with Gasteiger partial charge in [0.15, 0.2) is 6.61 Å². The molecular weight excluding hydrogens is 208 g/mol. The van der Waals surface area contributed by atoms with Gasteiger partial charge in [-0.15, -0.1) is 0 Å². The van der Waals surface area contributed by atoms with Crippen LogP contribution >= 0.6 is 0 Å². The summed E-state index contributed by atoms with van der Waals surface area (Å²) in [6, 6.07) is 5.49. The third kappa shape index (κ3) is 1.87. The van der Waals surface area contributed by atoms with Crippen molar-refractivity contribution in [2.45, 2.75) is 6.54 Å². The molecule has 2 rings (SSSR count). The van der Waals surface area contributed by atoms with Crippen molar-refractivity contribution < 1.29 is 14.6 Å². The first-order valence-electron chi connectivity index (χ1n) is 5.13. The second-order valence-electron chi connectivity index (χ2n) is 3.56. The highest BCUT2D eigenvalue weighted by Gasteiger charge is 2.24. The zero-order valence-electron chi connectivity index (χ0n) is 8.85. The number of carbonyl (C=O) groups excluding carboxylic acids is 1. The van der Waals surface area contributed by atoms with Crippen molar-refractivity contribution in [1.29, 1.82) is 0 Å². The van der Waals surface area contributed by atoms with E-state index >= 15 is 0 Å². The average molecular weight is 222 g/mol. The van der Waals surface area contributed by atoms with Crippen LogP contribution in [0.5, 0.6) is 5.75 Å². The summed E-state index contributed by atoms with van der Waals surface area (Å²) in [5.41, 5.74) is 7.16. The molecular formula is C11H14N2O3. The topological polar surface area (TPSA) is 75.8 Å². The van der Waals surface area contributed by atoms with Crippen molar-refractivity contribution in [3.05, 3.63) is 23.8 Å². The van der Waals surface area contributed by atoms with Gasteiger partial charge in [0.05, 0.1) is 12.3 Å². The van der Waals surface area contributed by atoms with Gasteiger partial charge in [-0.25, -0.2) is 0 Å². The van der Waals surface area contributed by atoms with E-state index in [0.29, 0.717) is 18.0 Å². The molecule has 1 aromatic carbocycles. The predicted molar refractivity (Wildman–Crippen MR) is 59.3 cm³/mol. The summed E-state index contributed by atoms with van der Waals surface area (Å²) < 4.78 is 5.30. The Labute approximate surface area is 93.4 Å². The Balaban J connectivity index is 2.39. The van der Waals surface area contributed by atoms with E-state index in [2.05, 4.69) is 0 Å². The van der Waals surface area contributed by atoms with Crippen molar-refractivity contribution in [3.63, 3.8) is 0 Å². The number of ether oxygens (including phenoxy) is 1. The molecule has 1 heterocycles. The van der Waals surface area contributed by atoms with Crippen LogP contribution in [-0.2, 0) is 11.3 Å². The molecule has 3 N–H and O–H groups in total. The van der Waals surface area contributed by atoms with Crippen molar-refractivity contribution >= 4 is 11.6 Å². The quantitative estimate of drug-likeness (QED) is 0.746. The lowest BCUT2D eigenvalue weighted by molar-refractivity contribution is -0.121. The minimum Gasteiger partial charge on any atom is -0.482 e. The van der Waals surface area contributed by atoms with Crippen LogP contribution in [-0.4, -0.2) is 30.8 Å². The number of carbonyl (C=O) groups is 1. The SMILES string of the molecule is NCc1ccc2c(c1)N(CCO)C(=O)CO2. The first-order valence-corrected chi connectivity index (χ1v) is 5.13. The van der Waals surface area contributed by atoms with Crippen molar-refractivity contribution in [3.8, 4) is 5.75 Å². The Kier molecular flexibility index (Phi) is 3.07. The maximum atomic E-state index is 11.6. The minimum atomic E-state index is -0.143. The van der Waals surface area contributed by atoms with Gasteiger partial charge in [-0.3, -0.25) is 4.79 Å². The highest BCUT2D eigenvalue weighted by molar-refractivity contribution is 5.97. The van der Waals surface area contributed by atoms with Crippen molar-refractivity contribution in [1.82, 2.24) is 0 Å². The second-order valence-corrected chi connectivity index (χ2v) is 3.56. The Morgan fingerprint density at radius 2 is 2.31 bits per heavy atom. The van der Waals surface area contributed by atoms with Crippen LogP contribution in [0.2, 0.25) is 0 Å². The van der Waals surface area contributed by atoms with Crippen LogP contribution in [0.25, 0.3) is 0 Å². The predicted octanol–water partition coefficient (Wildman–Crippen LogP) is -0.137. The molecule has 0 saturated carbocycles. The molecule has 1 amide bonds. The molecule has 86 valence electrons. The van der Waals surface area contributed by atoms with E-state index in [9.17, 15) is 4.79 Å². The average Bonchev–Trinajstić information content (AvgIpc) is 2.32. The van der Waals surface area contributed by atoms with Gasteiger partial charge in [-0.1, -0.05) is 6.07 Å². The number of amides is 1. The van der Waals surface area contributed by atoms with Gasteiger partial charge in [-0.2, -0.15) is 0 Å².